The Morgan fingerprint density at radius 3 is 2.36 bits per heavy atom. The lowest BCUT2D eigenvalue weighted by Gasteiger charge is -2.37. The van der Waals surface area contributed by atoms with Crippen LogP contribution in [0, 0.1) is 0 Å². The molecule has 0 bridgehead atoms. The molecule has 1 aromatic carbocycles. The van der Waals surface area contributed by atoms with Gasteiger partial charge in [-0.1, -0.05) is 0 Å². The Labute approximate surface area is 161 Å². The van der Waals surface area contributed by atoms with Crippen molar-refractivity contribution in [2.24, 2.45) is 0 Å². The minimum Gasteiger partial charge on any atom is -0.491 e. The number of rotatable bonds is 6. The molecule has 10 heteroatoms. The predicted octanol–water partition coefficient (Wildman–Crippen LogP) is 3.34. The number of hydrogen-bond donors (Lipinski definition) is 0. The molecule has 28 heavy (non-hydrogen) atoms. The van der Waals surface area contributed by atoms with E-state index in [4.69, 9.17) is 9.47 Å². The van der Waals surface area contributed by atoms with Gasteiger partial charge in [0.1, 0.15) is 17.4 Å². The van der Waals surface area contributed by atoms with Gasteiger partial charge in [0.05, 0.1) is 24.1 Å². The van der Waals surface area contributed by atoms with E-state index in [9.17, 15) is 21.6 Å². The van der Waals surface area contributed by atoms with Gasteiger partial charge in [-0.3, -0.25) is 0 Å². The number of ether oxygens (including phenoxy) is 2. The number of nitrogens with zero attached hydrogens (tertiary/aromatic N) is 2. The average molecular weight is 416 g/mol. The van der Waals surface area contributed by atoms with Gasteiger partial charge in [-0.15, -0.1) is 0 Å². The van der Waals surface area contributed by atoms with E-state index in [1.807, 2.05) is 13.8 Å². The second-order valence-electron chi connectivity index (χ2n) is 6.55. The van der Waals surface area contributed by atoms with Crippen molar-refractivity contribution in [3.05, 3.63) is 48.2 Å². The van der Waals surface area contributed by atoms with Gasteiger partial charge in [0.15, 0.2) is 0 Å². The Bertz CT molecular complexity index is 925. The van der Waals surface area contributed by atoms with E-state index in [-0.39, 0.29) is 24.1 Å². The van der Waals surface area contributed by atoms with Crippen molar-refractivity contribution in [3.63, 3.8) is 0 Å². The first-order valence-corrected chi connectivity index (χ1v) is 9.97. The molecular weight excluding hydrogens is 397 g/mol. The van der Waals surface area contributed by atoms with Crippen molar-refractivity contribution < 1.29 is 31.1 Å². The molecule has 1 fully saturated rings. The molecule has 0 amide bonds. The normalized spacial score (nSPS) is 16.1. The molecule has 1 aliphatic heterocycles. The summed E-state index contributed by atoms with van der Waals surface area (Å²) in [5.41, 5.74) is -0.989. The molecule has 1 aliphatic rings. The van der Waals surface area contributed by atoms with E-state index >= 15 is 0 Å². The van der Waals surface area contributed by atoms with E-state index < -0.39 is 33.7 Å². The highest BCUT2D eigenvalue weighted by molar-refractivity contribution is 7.89. The van der Waals surface area contributed by atoms with Gasteiger partial charge in [-0.2, -0.15) is 17.5 Å². The summed E-state index contributed by atoms with van der Waals surface area (Å²) in [5.74, 6) is 0.000774. The van der Waals surface area contributed by atoms with Crippen molar-refractivity contribution in [2.45, 2.75) is 37.1 Å². The summed E-state index contributed by atoms with van der Waals surface area (Å²) in [6.07, 6.45) is -4.14. The average Bonchev–Trinajstić information content (AvgIpc) is 2.57. The van der Waals surface area contributed by atoms with Crippen molar-refractivity contribution in [3.8, 4) is 11.6 Å². The van der Waals surface area contributed by atoms with Gasteiger partial charge >= 0.3 is 6.18 Å². The Balaban J connectivity index is 1.65. The molecule has 0 radical (unpaired) electrons. The Kier molecular flexibility index (Phi) is 5.53. The van der Waals surface area contributed by atoms with E-state index in [1.165, 1.54) is 24.4 Å². The zero-order valence-corrected chi connectivity index (χ0v) is 16.0. The van der Waals surface area contributed by atoms with Gasteiger partial charge < -0.3 is 9.47 Å². The van der Waals surface area contributed by atoms with Crippen molar-refractivity contribution in [2.75, 3.05) is 13.1 Å². The maximum absolute atomic E-state index is 13.0. The fraction of sp³-hybridized carbons (Fsp3) is 0.389. The van der Waals surface area contributed by atoms with E-state index in [0.717, 1.165) is 10.4 Å². The molecule has 0 saturated carbocycles. The standard InChI is InChI=1S/C18H19F3N2O4S/c1-12(2)26-13-5-7-15(8-6-13)28(24,25)23-10-14(11-23)27-17-16(18(19,20)21)4-3-9-22-17/h3-9,12,14H,10-11H2,1-2H3. The quantitative estimate of drug-likeness (QED) is 0.723. The molecule has 1 aromatic heterocycles. The number of sulfonamides is 1. The number of hydrogen-bond acceptors (Lipinski definition) is 5. The summed E-state index contributed by atoms with van der Waals surface area (Å²) in [6, 6.07) is 8.02. The number of alkyl halides is 3. The van der Waals surface area contributed by atoms with E-state index in [2.05, 4.69) is 4.98 Å². The predicted molar refractivity (Wildman–Crippen MR) is 94.6 cm³/mol. The van der Waals surface area contributed by atoms with Crippen LogP contribution in [0.1, 0.15) is 19.4 Å². The molecule has 3 rings (SSSR count). The summed E-state index contributed by atoms with van der Waals surface area (Å²) < 4.78 is 76.1. The first-order chi connectivity index (χ1) is 13.1. The van der Waals surface area contributed by atoms with E-state index in [1.54, 1.807) is 12.1 Å². The van der Waals surface area contributed by atoms with Gasteiger partial charge in [0.2, 0.25) is 15.9 Å². The largest absolute Gasteiger partial charge is 0.491 e. The van der Waals surface area contributed by atoms with Gasteiger partial charge in [0, 0.05) is 6.20 Å². The lowest BCUT2D eigenvalue weighted by Crippen LogP contribution is -2.56. The minimum atomic E-state index is -4.60. The zero-order chi connectivity index (χ0) is 20.5. The molecule has 0 spiro atoms. The molecule has 152 valence electrons. The van der Waals surface area contributed by atoms with Crippen molar-refractivity contribution in [1.29, 1.82) is 0 Å². The molecule has 0 atom stereocenters. The van der Waals surface area contributed by atoms with Crippen molar-refractivity contribution in [1.82, 2.24) is 9.29 Å². The summed E-state index contributed by atoms with van der Waals surface area (Å²) in [6.45, 7) is 3.61. The molecule has 6 nitrogen and oxygen atoms in total. The molecule has 0 aliphatic carbocycles. The van der Waals surface area contributed by atoms with Crippen LogP contribution in [0.2, 0.25) is 0 Å². The third kappa shape index (κ3) is 4.39. The molecule has 0 unspecified atom stereocenters. The maximum Gasteiger partial charge on any atom is 0.421 e. The zero-order valence-electron chi connectivity index (χ0n) is 15.2. The number of pyridine rings is 1. The highest BCUT2D eigenvalue weighted by Gasteiger charge is 2.41. The Hall–Kier alpha value is -2.33. The molecular formula is C18H19F3N2O4S. The molecule has 2 aromatic rings. The summed E-state index contributed by atoms with van der Waals surface area (Å²) in [4.78, 5) is 3.70. The second kappa shape index (κ2) is 7.59. The van der Waals surface area contributed by atoms with Crippen LogP contribution >= 0.6 is 0 Å². The van der Waals surface area contributed by atoms with Gasteiger partial charge in [0.25, 0.3) is 0 Å². The highest BCUT2D eigenvalue weighted by Crippen LogP contribution is 2.36. The third-order valence-electron chi connectivity index (χ3n) is 4.00. The maximum atomic E-state index is 13.0. The fourth-order valence-corrected chi connectivity index (χ4v) is 4.14. The Morgan fingerprint density at radius 2 is 1.79 bits per heavy atom. The number of aromatic nitrogens is 1. The van der Waals surface area contributed by atoms with Crippen LogP contribution in [-0.2, 0) is 16.2 Å². The molecule has 1 saturated heterocycles. The van der Waals surface area contributed by atoms with Crippen LogP contribution in [0.15, 0.2) is 47.5 Å². The van der Waals surface area contributed by atoms with Crippen LogP contribution in [-0.4, -0.2) is 43.0 Å². The highest BCUT2D eigenvalue weighted by atomic mass is 32.2. The summed E-state index contributed by atoms with van der Waals surface area (Å²) in [5, 5.41) is 0. The topological polar surface area (TPSA) is 68.7 Å². The van der Waals surface area contributed by atoms with Crippen LogP contribution in [0.4, 0.5) is 13.2 Å². The first-order valence-electron chi connectivity index (χ1n) is 8.53. The van der Waals surface area contributed by atoms with Crippen LogP contribution in [0.25, 0.3) is 0 Å². The SMILES string of the molecule is CC(C)Oc1ccc(S(=O)(=O)N2CC(Oc3ncccc3C(F)(F)F)C2)cc1. The molecule has 2 heterocycles. The monoisotopic (exact) mass is 416 g/mol. The Morgan fingerprint density at radius 1 is 1.14 bits per heavy atom. The molecule has 0 N–H and O–H groups in total. The first kappa shape index (κ1) is 20.4. The van der Waals surface area contributed by atoms with Crippen LogP contribution in [0.3, 0.4) is 0 Å². The van der Waals surface area contributed by atoms with Crippen LogP contribution in [0.5, 0.6) is 11.6 Å². The van der Waals surface area contributed by atoms with Crippen LogP contribution < -0.4 is 9.47 Å². The lowest BCUT2D eigenvalue weighted by atomic mass is 10.2. The summed E-state index contributed by atoms with van der Waals surface area (Å²) >= 11 is 0. The van der Waals surface area contributed by atoms with Crippen molar-refractivity contribution >= 4 is 10.0 Å². The number of halogens is 3. The lowest BCUT2D eigenvalue weighted by molar-refractivity contribution is -0.140. The fourth-order valence-electron chi connectivity index (χ4n) is 2.64. The summed E-state index contributed by atoms with van der Waals surface area (Å²) in [7, 11) is -3.76. The third-order valence-corrected chi connectivity index (χ3v) is 5.85. The smallest absolute Gasteiger partial charge is 0.421 e. The van der Waals surface area contributed by atoms with Gasteiger partial charge in [-0.05, 0) is 50.2 Å². The van der Waals surface area contributed by atoms with E-state index in [0.29, 0.717) is 5.75 Å². The van der Waals surface area contributed by atoms with Gasteiger partial charge in [-0.25, -0.2) is 13.4 Å². The number of benzene rings is 1. The second-order valence-corrected chi connectivity index (χ2v) is 8.49. The minimum absolute atomic E-state index is 0.0380.